The van der Waals surface area contributed by atoms with E-state index in [0.29, 0.717) is 5.96 Å². The summed E-state index contributed by atoms with van der Waals surface area (Å²) in [4.78, 5) is 4.58. The van der Waals surface area contributed by atoms with E-state index in [0.717, 1.165) is 32.4 Å². The smallest absolute Gasteiger partial charge is 0.188 e. The minimum absolute atomic E-state index is 0. The van der Waals surface area contributed by atoms with E-state index in [2.05, 4.69) is 65.8 Å². The van der Waals surface area contributed by atoms with Crippen molar-refractivity contribution >= 4 is 29.9 Å². The van der Waals surface area contributed by atoms with Crippen molar-refractivity contribution in [2.75, 3.05) is 13.1 Å². The van der Waals surface area contributed by atoms with Crippen LogP contribution < -0.4 is 11.1 Å². The second kappa shape index (κ2) is 8.51. The molecule has 3 rings (SSSR count). The first-order valence-corrected chi connectivity index (χ1v) is 8.29. The van der Waals surface area contributed by atoms with Crippen molar-refractivity contribution in [2.45, 2.75) is 26.2 Å². The minimum atomic E-state index is 0. The molecule has 0 bridgehead atoms. The number of hydrogen-bond donors (Lipinski definition) is 2. The Bertz CT molecular complexity index is 657. The molecule has 2 aromatic carbocycles. The molecule has 0 radical (unpaired) electrons. The predicted molar refractivity (Wildman–Crippen MR) is 112 cm³/mol. The largest absolute Gasteiger partial charge is 0.370 e. The molecule has 4 heteroatoms. The Balaban J connectivity index is 0.00000208. The molecule has 0 fully saturated rings. The molecule has 1 aliphatic carbocycles. The van der Waals surface area contributed by atoms with Crippen molar-refractivity contribution in [3.05, 3.63) is 71.3 Å². The van der Waals surface area contributed by atoms with Crippen molar-refractivity contribution in [3.8, 4) is 0 Å². The summed E-state index contributed by atoms with van der Waals surface area (Å²) < 4.78 is 0. The van der Waals surface area contributed by atoms with Gasteiger partial charge in [0.15, 0.2) is 5.96 Å². The van der Waals surface area contributed by atoms with Gasteiger partial charge in [-0.3, -0.25) is 4.99 Å². The van der Waals surface area contributed by atoms with Crippen LogP contribution in [0.5, 0.6) is 0 Å². The van der Waals surface area contributed by atoms with E-state index in [9.17, 15) is 0 Å². The van der Waals surface area contributed by atoms with Gasteiger partial charge >= 0.3 is 0 Å². The average Bonchev–Trinajstić information content (AvgIpc) is 2.91. The van der Waals surface area contributed by atoms with Crippen LogP contribution in [0.15, 0.2) is 59.6 Å². The zero-order valence-electron chi connectivity index (χ0n) is 14.2. The highest BCUT2D eigenvalue weighted by Crippen LogP contribution is 2.36. The standard InChI is InChI=1S/C20H25N3.HI/c1-20(13-17-9-5-6-10-18(17)14-20)15-23-19(21)22-12-11-16-7-3-2-4-8-16;/h2-10H,11-15H2,1H3,(H3,21,22,23);1H. The fourth-order valence-electron chi connectivity index (χ4n) is 3.31. The fourth-order valence-corrected chi connectivity index (χ4v) is 3.31. The first-order valence-electron chi connectivity index (χ1n) is 8.29. The summed E-state index contributed by atoms with van der Waals surface area (Å²) in [5.74, 6) is 0.554. The number of nitrogens with two attached hydrogens (primary N) is 1. The van der Waals surface area contributed by atoms with Crippen LogP contribution in [0.1, 0.15) is 23.6 Å². The zero-order valence-corrected chi connectivity index (χ0v) is 16.5. The lowest BCUT2D eigenvalue weighted by Crippen LogP contribution is -2.34. The maximum absolute atomic E-state index is 6.02. The lowest BCUT2D eigenvalue weighted by molar-refractivity contribution is 0.360. The summed E-state index contributed by atoms with van der Waals surface area (Å²) in [7, 11) is 0. The van der Waals surface area contributed by atoms with Gasteiger partial charge < -0.3 is 11.1 Å². The summed E-state index contributed by atoms with van der Waals surface area (Å²) in [6.07, 6.45) is 3.13. The Kier molecular flexibility index (Phi) is 6.66. The van der Waals surface area contributed by atoms with E-state index in [1.807, 2.05) is 6.07 Å². The number of aliphatic imine (C=N–C) groups is 1. The predicted octanol–water partition coefficient (Wildman–Crippen LogP) is 3.56. The van der Waals surface area contributed by atoms with E-state index < -0.39 is 0 Å². The van der Waals surface area contributed by atoms with Gasteiger partial charge in [0.1, 0.15) is 0 Å². The SMILES string of the molecule is CC1(CN=C(N)NCCc2ccccc2)Cc2ccccc2C1.I. The van der Waals surface area contributed by atoms with E-state index in [1.54, 1.807) is 0 Å². The summed E-state index contributed by atoms with van der Waals surface area (Å²) in [6, 6.07) is 19.1. The van der Waals surface area contributed by atoms with Gasteiger partial charge in [0.25, 0.3) is 0 Å². The van der Waals surface area contributed by atoms with E-state index in [4.69, 9.17) is 5.73 Å². The lowest BCUT2D eigenvalue weighted by atomic mass is 9.87. The molecule has 0 spiro atoms. The highest BCUT2D eigenvalue weighted by atomic mass is 127. The fraction of sp³-hybridized carbons (Fsp3) is 0.350. The number of guanidine groups is 1. The van der Waals surface area contributed by atoms with Crippen LogP contribution in [0.25, 0.3) is 0 Å². The molecule has 0 unspecified atom stereocenters. The molecule has 3 N–H and O–H groups in total. The van der Waals surface area contributed by atoms with Crippen LogP contribution in [0, 0.1) is 5.41 Å². The summed E-state index contributed by atoms with van der Waals surface area (Å²) in [5, 5.41) is 3.22. The van der Waals surface area contributed by atoms with Crippen LogP contribution in [0.2, 0.25) is 0 Å². The average molecular weight is 435 g/mol. The van der Waals surface area contributed by atoms with Gasteiger partial charge in [-0.05, 0) is 41.4 Å². The molecular weight excluding hydrogens is 409 g/mol. The molecule has 24 heavy (non-hydrogen) atoms. The van der Waals surface area contributed by atoms with Crippen LogP contribution in [-0.4, -0.2) is 19.0 Å². The molecule has 0 atom stereocenters. The first kappa shape index (κ1) is 18.8. The van der Waals surface area contributed by atoms with Crippen molar-refractivity contribution in [3.63, 3.8) is 0 Å². The van der Waals surface area contributed by atoms with Gasteiger partial charge in [-0.1, -0.05) is 61.5 Å². The third-order valence-corrected chi connectivity index (χ3v) is 4.55. The maximum atomic E-state index is 6.02. The number of nitrogens with zero attached hydrogens (tertiary/aromatic N) is 1. The van der Waals surface area contributed by atoms with Crippen LogP contribution in [0.4, 0.5) is 0 Å². The zero-order chi connectivity index (χ0) is 16.1. The topological polar surface area (TPSA) is 50.4 Å². The number of halogens is 1. The van der Waals surface area contributed by atoms with Crippen molar-refractivity contribution in [2.24, 2.45) is 16.1 Å². The molecule has 1 aliphatic rings. The van der Waals surface area contributed by atoms with Gasteiger partial charge in [0.2, 0.25) is 0 Å². The second-order valence-electron chi connectivity index (χ2n) is 6.80. The molecule has 0 amide bonds. The quantitative estimate of drug-likeness (QED) is 0.429. The molecule has 0 heterocycles. The Hall–Kier alpha value is -1.56. The number of benzene rings is 2. The molecule has 128 valence electrons. The Morgan fingerprint density at radius 3 is 2.25 bits per heavy atom. The van der Waals surface area contributed by atoms with E-state index in [-0.39, 0.29) is 29.4 Å². The van der Waals surface area contributed by atoms with E-state index >= 15 is 0 Å². The summed E-state index contributed by atoms with van der Waals surface area (Å²) in [5.41, 5.74) is 10.4. The van der Waals surface area contributed by atoms with Crippen LogP contribution in [-0.2, 0) is 19.3 Å². The first-order chi connectivity index (χ1) is 11.1. The van der Waals surface area contributed by atoms with Crippen molar-refractivity contribution in [1.82, 2.24) is 5.32 Å². The molecule has 0 aliphatic heterocycles. The molecule has 0 aromatic heterocycles. The van der Waals surface area contributed by atoms with Crippen molar-refractivity contribution in [1.29, 1.82) is 0 Å². The number of hydrogen-bond acceptors (Lipinski definition) is 1. The maximum Gasteiger partial charge on any atom is 0.188 e. The second-order valence-corrected chi connectivity index (χ2v) is 6.80. The summed E-state index contributed by atoms with van der Waals surface area (Å²) in [6.45, 7) is 3.88. The lowest BCUT2D eigenvalue weighted by Gasteiger charge is -2.21. The van der Waals surface area contributed by atoms with E-state index in [1.165, 1.54) is 16.7 Å². The molecular formula is C20H26IN3. The number of rotatable bonds is 5. The van der Waals surface area contributed by atoms with Gasteiger partial charge in [-0.15, -0.1) is 24.0 Å². The number of fused-ring (bicyclic) bond motifs is 1. The van der Waals surface area contributed by atoms with Gasteiger partial charge in [-0.2, -0.15) is 0 Å². The van der Waals surface area contributed by atoms with Crippen LogP contribution >= 0.6 is 24.0 Å². The monoisotopic (exact) mass is 435 g/mol. The highest BCUT2D eigenvalue weighted by molar-refractivity contribution is 14.0. The van der Waals surface area contributed by atoms with Crippen LogP contribution in [0.3, 0.4) is 0 Å². The normalized spacial score (nSPS) is 15.5. The molecule has 2 aromatic rings. The van der Waals surface area contributed by atoms with Gasteiger partial charge in [-0.25, -0.2) is 0 Å². The third kappa shape index (κ3) is 4.97. The molecule has 0 saturated heterocycles. The Labute approximate surface area is 161 Å². The van der Waals surface area contributed by atoms with Crippen molar-refractivity contribution < 1.29 is 0 Å². The van der Waals surface area contributed by atoms with Gasteiger partial charge in [0.05, 0.1) is 0 Å². The minimum Gasteiger partial charge on any atom is -0.370 e. The van der Waals surface area contributed by atoms with Gasteiger partial charge in [0, 0.05) is 13.1 Å². The third-order valence-electron chi connectivity index (χ3n) is 4.55. The Morgan fingerprint density at radius 2 is 1.62 bits per heavy atom. The number of nitrogens with one attached hydrogen (secondary N) is 1. The Morgan fingerprint density at radius 1 is 1.04 bits per heavy atom. The highest BCUT2D eigenvalue weighted by Gasteiger charge is 2.32. The molecule has 3 nitrogen and oxygen atoms in total. The molecule has 0 saturated carbocycles. The summed E-state index contributed by atoms with van der Waals surface area (Å²) >= 11 is 0.